The molecule has 9 nitrogen and oxygen atoms in total. The number of hydrogen-bond acceptors (Lipinski definition) is 7. The van der Waals surface area contributed by atoms with E-state index in [1.165, 1.54) is 6.07 Å². The van der Waals surface area contributed by atoms with E-state index in [9.17, 15) is 19.2 Å². The summed E-state index contributed by atoms with van der Waals surface area (Å²) in [6, 6.07) is 17.0. The SMILES string of the molecule is CC(C)(C)C[C@H]1N[C@@H](C(=O)CC2CCC(OC(=O)[C@H](Cc3ccccc3)NC(=O)OC(C)(C)C)CC2)[C@H](c2cccc(Cl)c2F)[C@@]12C(=O)Nc1cc(Cl)ccc12. The standard InChI is InChI=1S/C44H52Cl2FN3O6/c1-42(2,3)24-35-44(30-20-17-27(45)23-32(30)48-40(44)53)36(29-13-10-14-31(46)37(29)47)38(50-35)34(51)22-26-15-18-28(19-16-26)55-39(52)33(21-25-11-8-7-9-12-25)49-41(54)56-43(4,5)6/h7-14,17,20,23,26,28,33,35-36,38,50H,15-16,18-19,21-22,24H2,1-6H3,(H,48,53)(H,49,54)/t26?,28?,33-,35+,36-,38-,44-/m0/s1. The molecule has 0 unspecified atom stereocenters. The van der Waals surface area contributed by atoms with Gasteiger partial charge in [-0.25, -0.2) is 14.0 Å². The topological polar surface area (TPSA) is 123 Å². The first-order valence-electron chi connectivity index (χ1n) is 19.4. The van der Waals surface area contributed by atoms with Crippen molar-refractivity contribution in [3.05, 3.63) is 99.3 Å². The number of halogens is 3. The summed E-state index contributed by atoms with van der Waals surface area (Å²) in [5.74, 6) is -2.56. The highest BCUT2D eigenvalue weighted by molar-refractivity contribution is 6.31. The lowest BCUT2D eigenvalue weighted by atomic mass is 9.62. The first kappa shape index (κ1) is 41.6. The molecule has 3 N–H and O–H groups in total. The maximum absolute atomic E-state index is 16.2. The Morgan fingerprint density at radius 2 is 1.64 bits per heavy atom. The van der Waals surface area contributed by atoms with E-state index in [1.54, 1.807) is 45.0 Å². The smallest absolute Gasteiger partial charge is 0.408 e. The number of rotatable bonds is 10. The molecule has 0 bridgehead atoms. The second-order valence-electron chi connectivity index (χ2n) is 17.7. The van der Waals surface area contributed by atoms with E-state index in [0.29, 0.717) is 48.4 Å². The summed E-state index contributed by atoms with van der Waals surface area (Å²) in [5, 5.41) is 9.66. The Morgan fingerprint density at radius 1 is 0.946 bits per heavy atom. The van der Waals surface area contributed by atoms with E-state index >= 15 is 4.39 Å². The van der Waals surface area contributed by atoms with Crippen LogP contribution in [0.4, 0.5) is 14.9 Å². The van der Waals surface area contributed by atoms with Gasteiger partial charge >= 0.3 is 12.1 Å². The fourth-order valence-corrected chi connectivity index (χ4v) is 9.16. The number of hydrogen-bond donors (Lipinski definition) is 3. The maximum Gasteiger partial charge on any atom is 0.408 e. The molecule has 2 aliphatic heterocycles. The Morgan fingerprint density at radius 3 is 2.30 bits per heavy atom. The van der Waals surface area contributed by atoms with Gasteiger partial charge in [0.2, 0.25) is 5.91 Å². The fourth-order valence-electron chi connectivity index (χ4n) is 8.81. The zero-order valence-corrected chi connectivity index (χ0v) is 34.4. The van der Waals surface area contributed by atoms with Gasteiger partial charge in [-0.15, -0.1) is 0 Å². The molecule has 300 valence electrons. The van der Waals surface area contributed by atoms with Crippen LogP contribution < -0.4 is 16.0 Å². The van der Waals surface area contributed by atoms with Gasteiger partial charge in [0.25, 0.3) is 0 Å². The molecule has 1 saturated carbocycles. The second kappa shape index (κ2) is 16.5. The molecular weight excluding hydrogens is 756 g/mol. The van der Waals surface area contributed by atoms with Crippen molar-refractivity contribution >= 4 is 52.6 Å². The molecular formula is C44H52Cl2FN3O6. The number of carbonyl (C=O) groups is 4. The maximum atomic E-state index is 16.2. The molecule has 1 saturated heterocycles. The number of anilines is 1. The van der Waals surface area contributed by atoms with Crippen molar-refractivity contribution in [3.63, 3.8) is 0 Å². The molecule has 3 aromatic rings. The monoisotopic (exact) mass is 807 g/mol. The molecule has 6 rings (SSSR count). The average molecular weight is 809 g/mol. The van der Waals surface area contributed by atoms with Crippen LogP contribution >= 0.6 is 23.2 Å². The summed E-state index contributed by atoms with van der Waals surface area (Å²) in [5.41, 5.74) is -0.0429. The van der Waals surface area contributed by atoms with Crippen LogP contribution in [0.1, 0.15) is 103 Å². The molecule has 56 heavy (non-hydrogen) atoms. The van der Waals surface area contributed by atoms with Crippen LogP contribution in [0, 0.1) is 17.2 Å². The van der Waals surface area contributed by atoms with Crippen LogP contribution in [0.3, 0.4) is 0 Å². The molecule has 3 aromatic carbocycles. The first-order chi connectivity index (χ1) is 26.4. The molecule has 3 aliphatic rings. The number of carbonyl (C=O) groups excluding carboxylic acids is 4. The van der Waals surface area contributed by atoms with Crippen molar-refractivity contribution in [1.82, 2.24) is 10.6 Å². The van der Waals surface area contributed by atoms with Crippen molar-refractivity contribution in [2.45, 2.75) is 128 Å². The largest absolute Gasteiger partial charge is 0.461 e. The van der Waals surface area contributed by atoms with Crippen molar-refractivity contribution in [2.75, 3.05) is 5.32 Å². The highest BCUT2D eigenvalue weighted by atomic mass is 35.5. The van der Waals surface area contributed by atoms with E-state index < -0.39 is 59.0 Å². The Kier molecular flexibility index (Phi) is 12.2. The third kappa shape index (κ3) is 9.08. The molecule has 2 amide bonds. The summed E-state index contributed by atoms with van der Waals surface area (Å²) in [7, 11) is 0. The van der Waals surface area contributed by atoms with E-state index in [0.717, 1.165) is 5.56 Å². The van der Waals surface area contributed by atoms with Gasteiger partial charge in [0, 0.05) is 35.5 Å². The zero-order chi connectivity index (χ0) is 40.6. The third-order valence-electron chi connectivity index (χ3n) is 11.1. The average Bonchev–Trinajstić information content (AvgIpc) is 3.58. The normalized spacial score (nSPS) is 25.3. The predicted octanol–water partition coefficient (Wildman–Crippen LogP) is 9.08. The van der Waals surface area contributed by atoms with Gasteiger partial charge in [-0.05, 0) is 99.1 Å². The van der Waals surface area contributed by atoms with Crippen LogP contribution in [-0.4, -0.2) is 53.6 Å². The van der Waals surface area contributed by atoms with Crippen molar-refractivity contribution < 1.29 is 33.0 Å². The Labute approximate surface area is 338 Å². The molecule has 5 atom stereocenters. The number of benzene rings is 3. The van der Waals surface area contributed by atoms with E-state index in [1.807, 2.05) is 36.4 Å². The lowest BCUT2D eigenvalue weighted by Crippen LogP contribution is -2.49. The van der Waals surface area contributed by atoms with Gasteiger partial charge in [0.05, 0.1) is 11.1 Å². The van der Waals surface area contributed by atoms with Gasteiger partial charge < -0.3 is 25.4 Å². The minimum absolute atomic E-state index is 0.0229. The number of fused-ring (bicyclic) bond motifs is 2. The summed E-state index contributed by atoms with van der Waals surface area (Å²) < 4.78 is 27.6. The molecule has 12 heteroatoms. The summed E-state index contributed by atoms with van der Waals surface area (Å²) in [4.78, 5) is 55.3. The van der Waals surface area contributed by atoms with Crippen molar-refractivity contribution in [1.29, 1.82) is 0 Å². The lowest BCUT2D eigenvalue weighted by molar-refractivity contribution is -0.153. The number of ether oxygens (including phenoxy) is 2. The van der Waals surface area contributed by atoms with Crippen LogP contribution in [0.25, 0.3) is 0 Å². The summed E-state index contributed by atoms with van der Waals surface area (Å²) in [6.45, 7) is 11.5. The van der Waals surface area contributed by atoms with Gasteiger partial charge in [-0.1, -0.05) is 92.5 Å². The minimum Gasteiger partial charge on any atom is -0.461 e. The minimum atomic E-state index is -1.32. The molecule has 1 spiro atoms. The summed E-state index contributed by atoms with van der Waals surface area (Å²) >= 11 is 12.7. The van der Waals surface area contributed by atoms with Crippen LogP contribution in [0.15, 0.2) is 66.7 Å². The molecule has 1 aliphatic carbocycles. The Hall–Kier alpha value is -3.99. The number of nitrogens with one attached hydrogen (secondary N) is 3. The Balaban J connectivity index is 1.20. The van der Waals surface area contributed by atoms with Crippen molar-refractivity contribution in [2.24, 2.45) is 11.3 Å². The number of Topliss-reactive ketones (excluding diaryl/α,β-unsaturated/α-hetero) is 1. The quantitative estimate of drug-likeness (QED) is 0.175. The van der Waals surface area contributed by atoms with E-state index in [4.69, 9.17) is 32.7 Å². The number of esters is 1. The van der Waals surface area contributed by atoms with Crippen LogP contribution in [0.2, 0.25) is 10.0 Å². The fraction of sp³-hybridized carbons (Fsp3) is 0.500. The molecule has 0 aromatic heterocycles. The lowest BCUT2D eigenvalue weighted by Gasteiger charge is -2.38. The summed E-state index contributed by atoms with van der Waals surface area (Å²) in [6.07, 6.45) is 2.16. The Bertz CT molecular complexity index is 1960. The molecule has 0 radical (unpaired) electrons. The second-order valence-corrected chi connectivity index (χ2v) is 18.6. The number of alkyl carbamates (subject to hydrolysis) is 1. The highest BCUT2D eigenvalue weighted by Gasteiger charge is 2.66. The van der Waals surface area contributed by atoms with Gasteiger partial charge in [-0.3, -0.25) is 9.59 Å². The molecule has 2 fully saturated rings. The van der Waals surface area contributed by atoms with Crippen LogP contribution in [0.5, 0.6) is 0 Å². The van der Waals surface area contributed by atoms with Crippen molar-refractivity contribution in [3.8, 4) is 0 Å². The third-order valence-corrected chi connectivity index (χ3v) is 11.6. The van der Waals surface area contributed by atoms with Gasteiger partial charge in [0.1, 0.15) is 29.0 Å². The number of amides is 2. The number of ketones is 1. The van der Waals surface area contributed by atoms with Gasteiger partial charge in [0.15, 0.2) is 5.78 Å². The van der Waals surface area contributed by atoms with Crippen LogP contribution in [-0.2, 0) is 35.7 Å². The van der Waals surface area contributed by atoms with E-state index in [2.05, 4.69) is 36.7 Å². The molecule has 2 heterocycles. The predicted molar refractivity (Wildman–Crippen MR) is 215 cm³/mol. The highest BCUT2D eigenvalue weighted by Crippen LogP contribution is 2.57. The first-order valence-corrected chi connectivity index (χ1v) is 20.2. The van der Waals surface area contributed by atoms with E-state index in [-0.39, 0.29) is 46.5 Å². The van der Waals surface area contributed by atoms with Gasteiger partial charge in [-0.2, -0.15) is 0 Å². The zero-order valence-electron chi connectivity index (χ0n) is 32.8.